The molecule has 0 bridgehead atoms. The van der Waals surface area contributed by atoms with Crippen molar-refractivity contribution < 1.29 is 52.8 Å². The number of carbonyl (C=O) groups excluding carboxylic acids is 4. The van der Waals surface area contributed by atoms with Gasteiger partial charge in [0, 0.05) is 123 Å². The molecule has 4 saturated heterocycles. The Kier molecular flexibility index (Phi) is 28.9. The minimum Gasteiger partial charge on any atom is -0.322 e. The molecule has 4 fully saturated rings. The summed E-state index contributed by atoms with van der Waals surface area (Å²) in [6.07, 6.45) is 11.2. The van der Waals surface area contributed by atoms with Crippen LogP contribution in [-0.2, 0) is 40.1 Å². The highest BCUT2D eigenvalue weighted by Crippen LogP contribution is 2.38. The molecule has 0 unspecified atom stereocenters. The largest absolute Gasteiger partial charge is 0.322 e. The molecule has 27 nitrogen and oxygen atoms in total. The quantitative estimate of drug-likeness (QED) is 0.0698. The van der Waals surface area contributed by atoms with Crippen LogP contribution in [0.5, 0.6) is 0 Å². The van der Waals surface area contributed by atoms with E-state index in [2.05, 4.69) is 52.3 Å². The number of amides is 4. The third-order valence-electron chi connectivity index (χ3n) is 25.3. The second-order valence-corrected chi connectivity index (χ2v) is 43.5. The molecule has 32 heteroatoms. The first-order chi connectivity index (χ1) is 67.8. The molecule has 0 spiro atoms. The maximum absolute atomic E-state index is 13.1. The first kappa shape index (κ1) is 97.4. The third-order valence-corrected chi connectivity index (χ3v) is 33.1. The maximum atomic E-state index is 13.1. The van der Waals surface area contributed by atoms with Crippen LogP contribution in [0.3, 0.4) is 0 Å². The smallest absolute Gasteiger partial charge is 0.257 e. The molecule has 4 N–H and O–H groups in total. The van der Waals surface area contributed by atoms with E-state index in [9.17, 15) is 58.1 Å². The fourth-order valence-electron chi connectivity index (χ4n) is 17.7. The molecule has 0 radical (unpaired) electrons. The Hall–Kier alpha value is -15.2. The number of anilines is 8. The number of aryl methyl sites for hydroxylation is 6. The second-order valence-electron chi connectivity index (χ2n) is 35.1. The van der Waals surface area contributed by atoms with Crippen LogP contribution in [0.15, 0.2) is 279 Å². The van der Waals surface area contributed by atoms with Gasteiger partial charge in [-0.15, -0.1) is 0 Å². The van der Waals surface area contributed by atoms with E-state index in [0.717, 1.165) is 120 Å². The first-order valence-corrected chi connectivity index (χ1v) is 53.0. The first-order valence-electron chi connectivity index (χ1n) is 46.2. The summed E-state index contributed by atoms with van der Waals surface area (Å²) in [5.41, 5.74) is 20.7. The molecule has 9 heterocycles. The van der Waals surface area contributed by atoms with Crippen molar-refractivity contribution in [2.45, 2.75) is 92.9 Å². The number of carbonyl (C=O) groups is 4. The number of para-hydroxylation sites is 2. The zero-order valence-electron chi connectivity index (χ0n) is 78.2. The van der Waals surface area contributed by atoms with Gasteiger partial charge in [-0.2, -0.15) is 5.26 Å². The number of nitriles is 1. The summed E-state index contributed by atoms with van der Waals surface area (Å²) in [6.45, 7) is 13.2. The molecule has 141 heavy (non-hydrogen) atoms. The van der Waals surface area contributed by atoms with Gasteiger partial charge in [0.15, 0.2) is 5.82 Å². The number of benzene rings is 11. The van der Waals surface area contributed by atoms with Gasteiger partial charge in [-0.25, -0.2) is 53.6 Å². The third kappa shape index (κ3) is 22.1. The van der Waals surface area contributed by atoms with Crippen molar-refractivity contribution in [3.05, 3.63) is 346 Å². The molecule has 16 aromatic rings. The molecule has 20 rings (SSSR count). The predicted octanol–water partition coefficient (Wildman–Crippen LogP) is 21.5. The standard InChI is InChI=1S/C28H24N4O3S.C28H27N3O3S.C27H26N4O3S.C26H23ClN4O3S/c1-19-8-9-22(17-26(19)27-24-7-3-2-6-20(24)12-13-30-27)31-28(33)25-11-10-23(16-21(25)18-29)32-14-4-5-15-36(32,34)35;1-19-9-11-22(18-25(19)27-14-10-21-7-3-4-8-26(21)30-27)29-28(32)24-13-12-23(17-20(24)2)31-15-5-6-16-35(31,33)34;1-18-9-10-21(16-24(18)26-28-17-20-7-3-4-8-25(20)30-26)29-27(32)23-12-11-22(15-19(23)2)31-13-5-6-14-35(31,33)34;1-17-15-19(31-13-2-3-14-35(31,33)34)7-8-20(17)26(32)29-18-6-9-22(27)21(16-18)23-10-11-24-25(30-23)5-4-12-28-24/h2-3,6-13,16-17H,4-5,14-15H2,1H3,(H,31,33);3-4,7-14,17-18H,5-6,15-16H2,1-2H3,(H,29,32);3-4,7-12,15-17H,5-6,13-14H2,1-2H3,(H,29,32);4-12,15-16H,2-3,13-14H2,1H3,(H,29,32). The van der Waals surface area contributed by atoms with Gasteiger partial charge < -0.3 is 21.3 Å². The molecule has 0 saturated carbocycles. The number of fused-ring (bicyclic) bond motifs is 4. The van der Waals surface area contributed by atoms with Crippen LogP contribution < -0.4 is 38.5 Å². The number of nitrogens with zero attached hydrogens (tertiary/aromatic N) is 11. The highest BCUT2D eigenvalue weighted by atomic mass is 35.5. The monoisotopic (exact) mass is 1970 g/mol. The van der Waals surface area contributed by atoms with E-state index in [1.165, 1.54) is 29.4 Å². The van der Waals surface area contributed by atoms with Crippen molar-refractivity contribution >= 4 is 164 Å². The van der Waals surface area contributed by atoms with E-state index < -0.39 is 46.0 Å². The molecule has 714 valence electrons. The Morgan fingerprint density at radius 1 is 0.326 bits per heavy atom. The molecular formula is C109H100ClN15O12S4. The van der Waals surface area contributed by atoms with Gasteiger partial charge in [0.2, 0.25) is 40.1 Å². The number of rotatable bonds is 16. The summed E-state index contributed by atoms with van der Waals surface area (Å²) < 4.78 is 105. The van der Waals surface area contributed by atoms with Gasteiger partial charge in [-0.1, -0.05) is 96.5 Å². The summed E-state index contributed by atoms with van der Waals surface area (Å²) in [4.78, 5) is 79.9. The van der Waals surface area contributed by atoms with Crippen LogP contribution >= 0.6 is 11.6 Å². The molecule has 0 atom stereocenters. The molecule has 11 aromatic carbocycles. The molecule has 4 aliphatic heterocycles. The highest BCUT2D eigenvalue weighted by Gasteiger charge is 2.33. The van der Waals surface area contributed by atoms with Crippen LogP contribution in [0.4, 0.5) is 45.5 Å². The van der Waals surface area contributed by atoms with Crippen molar-refractivity contribution in [3.8, 4) is 51.2 Å². The van der Waals surface area contributed by atoms with Crippen LogP contribution in [-0.4, -0.2) is 136 Å². The predicted molar refractivity (Wildman–Crippen MR) is 562 cm³/mol. The van der Waals surface area contributed by atoms with Gasteiger partial charge in [-0.3, -0.25) is 46.4 Å². The van der Waals surface area contributed by atoms with E-state index in [1.807, 2.05) is 204 Å². The fourth-order valence-corrected chi connectivity index (χ4v) is 24.4. The summed E-state index contributed by atoms with van der Waals surface area (Å²) in [5, 5.41) is 26.1. The lowest BCUT2D eigenvalue weighted by Crippen LogP contribution is -2.37. The van der Waals surface area contributed by atoms with E-state index >= 15 is 0 Å². The normalized spacial score (nSPS) is 15.1. The number of aromatic nitrogens is 6. The van der Waals surface area contributed by atoms with Crippen molar-refractivity contribution in [2.24, 2.45) is 0 Å². The SMILES string of the molecule is Cc1cc(N2CCCCS2(=O)=O)ccc1C(=O)Nc1ccc(C)c(-c2ccc3ccccc3n2)c1.Cc1cc(N2CCCCS2(=O)=O)ccc1C(=O)Nc1ccc(C)c(-c2ncc3ccccc3n2)c1.Cc1cc(N2CCCCS2(=O)=O)ccc1C(=O)Nc1ccc(Cl)c(-c2ccc3ncccc3n2)c1.Cc1ccc(NC(=O)c2ccc(N3CCCCS3(=O)=O)cc2C#N)cc1-c1nccc2ccccc12. The van der Waals surface area contributed by atoms with Crippen LogP contribution in [0.2, 0.25) is 5.02 Å². The van der Waals surface area contributed by atoms with Crippen LogP contribution in [0.25, 0.3) is 88.8 Å². The van der Waals surface area contributed by atoms with Gasteiger partial charge >= 0.3 is 0 Å². The number of hydrogen-bond acceptors (Lipinski definition) is 19. The second kappa shape index (κ2) is 41.8. The zero-order chi connectivity index (χ0) is 99.0. The van der Waals surface area contributed by atoms with Crippen molar-refractivity contribution in [1.29, 1.82) is 5.26 Å². The molecule has 0 aliphatic carbocycles. The van der Waals surface area contributed by atoms with E-state index in [0.29, 0.717) is 147 Å². The van der Waals surface area contributed by atoms with Crippen molar-refractivity contribution in [2.75, 3.05) is 87.7 Å². The number of hydrogen-bond donors (Lipinski definition) is 4. The summed E-state index contributed by atoms with van der Waals surface area (Å²) >= 11 is 6.45. The van der Waals surface area contributed by atoms with Crippen LogP contribution in [0.1, 0.15) is 132 Å². The maximum Gasteiger partial charge on any atom is 0.257 e. The van der Waals surface area contributed by atoms with Gasteiger partial charge in [-0.05, 0) is 308 Å². The Morgan fingerprint density at radius 2 is 0.723 bits per heavy atom. The topological polar surface area (TPSA) is 367 Å². The molecule has 5 aromatic heterocycles. The van der Waals surface area contributed by atoms with Crippen molar-refractivity contribution in [3.63, 3.8) is 0 Å². The Labute approximate surface area is 824 Å². The number of sulfonamides is 4. The lowest BCUT2D eigenvalue weighted by Gasteiger charge is -2.28. The average Bonchev–Trinajstić information content (AvgIpc) is 0.810. The van der Waals surface area contributed by atoms with Gasteiger partial charge in [0.1, 0.15) is 6.07 Å². The minimum atomic E-state index is -3.42. The Bertz CT molecular complexity index is 7630. The lowest BCUT2D eigenvalue weighted by atomic mass is 9.99. The summed E-state index contributed by atoms with van der Waals surface area (Å²) in [7, 11) is -13.3. The lowest BCUT2D eigenvalue weighted by molar-refractivity contribution is 0.101. The van der Waals surface area contributed by atoms with Crippen LogP contribution in [0, 0.1) is 52.9 Å². The Morgan fingerprint density at radius 3 is 1.23 bits per heavy atom. The molecule has 4 aliphatic rings. The zero-order valence-corrected chi connectivity index (χ0v) is 82.2. The number of pyridine rings is 4. The average molecular weight is 1980 g/mol. The van der Waals surface area contributed by atoms with Gasteiger partial charge in [0.05, 0.1) is 101 Å². The molecule has 4 amide bonds. The summed E-state index contributed by atoms with van der Waals surface area (Å²) in [6, 6.07) is 81.6. The minimum absolute atomic E-state index is 0.0818. The number of halogens is 1. The molecular weight excluding hydrogens is 1880 g/mol. The Balaban J connectivity index is 0.000000130. The van der Waals surface area contributed by atoms with Crippen molar-refractivity contribution in [1.82, 2.24) is 29.9 Å². The summed E-state index contributed by atoms with van der Waals surface area (Å²) in [5.74, 6) is -0.0862. The van der Waals surface area contributed by atoms with E-state index in [1.54, 1.807) is 104 Å². The van der Waals surface area contributed by atoms with Gasteiger partial charge in [0.25, 0.3) is 23.6 Å². The number of nitrogens with one attached hydrogen (secondary N) is 4. The van der Waals surface area contributed by atoms with E-state index in [-0.39, 0.29) is 51.9 Å². The highest BCUT2D eigenvalue weighted by molar-refractivity contribution is 7.93. The fraction of sp³-hybridized carbons (Fsp3) is 0.202. The van der Waals surface area contributed by atoms with E-state index in [4.69, 9.17) is 16.6 Å².